The summed E-state index contributed by atoms with van der Waals surface area (Å²) in [6.45, 7) is 1.81. The molecule has 0 spiro atoms. The first-order chi connectivity index (χ1) is 18.7. The summed E-state index contributed by atoms with van der Waals surface area (Å²) in [5, 5.41) is 12.5. The third-order valence-electron chi connectivity index (χ3n) is 6.33. The van der Waals surface area contributed by atoms with Crippen LogP contribution in [0.5, 0.6) is 0 Å². The molecule has 9 heteroatoms. The summed E-state index contributed by atoms with van der Waals surface area (Å²) in [7, 11) is 0. The van der Waals surface area contributed by atoms with Crippen molar-refractivity contribution >= 4 is 44.1 Å². The van der Waals surface area contributed by atoms with E-state index in [9.17, 15) is 14.0 Å². The van der Waals surface area contributed by atoms with Gasteiger partial charge in [-0.3, -0.25) is 9.59 Å². The Hall–Kier alpha value is -4.47. The Morgan fingerprint density at radius 2 is 1.77 bits per heavy atom. The number of carbonyl (C=O) groups is 2. The van der Waals surface area contributed by atoms with Crippen molar-refractivity contribution in [2.75, 3.05) is 5.32 Å². The summed E-state index contributed by atoms with van der Waals surface area (Å²) in [4.78, 5) is 28.6. The molecule has 0 radical (unpaired) electrons. The summed E-state index contributed by atoms with van der Waals surface area (Å²) < 4.78 is 29.1. The van der Waals surface area contributed by atoms with Crippen LogP contribution in [0.2, 0.25) is 0 Å². The van der Waals surface area contributed by atoms with E-state index in [0.29, 0.717) is 37.6 Å². The minimum atomic E-state index is -1.10. The highest BCUT2D eigenvalue weighted by Crippen LogP contribution is 2.32. The molecule has 0 saturated heterocycles. The number of aryl methyl sites for hydroxylation is 1. The highest BCUT2D eigenvalue weighted by Gasteiger charge is 2.17. The number of thiazole rings is 1. The zero-order valence-electron chi connectivity index (χ0n) is 20.7. The summed E-state index contributed by atoms with van der Waals surface area (Å²) in [5.41, 5.74) is 10.2. The van der Waals surface area contributed by atoms with E-state index in [1.807, 2.05) is 13.0 Å². The number of nitrogens with two attached hydrogens (primary N) is 1. The predicted octanol–water partition coefficient (Wildman–Crippen LogP) is 6.48. The van der Waals surface area contributed by atoms with Crippen LogP contribution in [0.15, 0.2) is 78.9 Å². The molecule has 1 heterocycles. The zero-order chi connectivity index (χ0) is 27.7. The van der Waals surface area contributed by atoms with E-state index in [0.717, 1.165) is 11.1 Å². The lowest BCUT2D eigenvalue weighted by Crippen LogP contribution is -2.32. The standard InChI is InChI=1S/C30H23F2N3O3S/c1-16-11-18(5-8-22(16)28(36)20-4-2-3-17(12-20)13-24(33)29(37)38)19-6-9-25(23(32)14-19)34-30-35-26-10-7-21(31)15-27(26)39-30/h2-12,14-15,24H,13,33H2,1H3,(H,34,35)(H,37,38)/t24-/m0/s1. The number of benzene rings is 4. The Balaban J connectivity index is 1.34. The van der Waals surface area contributed by atoms with E-state index >= 15 is 4.39 Å². The van der Waals surface area contributed by atoms with Crippen LogP contribution < -0.4 is 11.1 Å². The second kappa shape index (κ2) is 10.7. The fraction of sp³-hybridized carbons (Fsp3) is 0.100. The Morgan fingerprint density at radius 1 is 1.00 bits per heavy atom. The lowest BCUT2D eigenvalue weighted by atomic mass is 9.93. The van der Waals surface area contributed by atoms with Crippen LogP contribution in [0.25, 0.3) is 21.3 Å². The van der Waals surface area contributed by atoms with Gasteiger partial charge in [-0.25, -0.2) is 13.8 Å². The first-order valence-electron chi connectivity index (χ1n) is 12.0. The number of fused-ring (bicyclic) bond motifs is 1. The third-order valence-corrected chi connectivity index (χ3v) is 7.26. The molecule has 196 valence electrons. The monoisotopic (exact) mass is 543 g/mol. The molecule has 1 aromatic heterocycles. The van der Waals surface area contributed by atoms with Crippen molar-refractivity contribution < 1.29 is 23.5 Å². The molecule has 5 rings (SSSR count). The molecule has 0 aliphatic heterocycles. The number of carboxylic acids is 1. The molecule has 0 saturated carbocycles. The Kier molecular flexibility index (Phi) is 7.19. The number of nitrogens with one attached hydrogen (secondary N) is 1. The van der Waals surface area contributed by atoms with E-state index < -0.39 is 17.8 Å². The average molecular weight is 544 g/mol. The fourth-order valence-corrected chi connectivity index (χ4v) is 5.20. The molecule has 0 unspecified atom stereocenters. The number of nitrogens with zero attached hydrogens (tertiary/aromatic N) is 1. The number of hydrogen-bond acceptors (Lipinski definition) is 6. The second-order valence-corrected chi connectivity index (χ2v) is 10.2. The van der Waals surface area contributed by atoms with Crippen LogP contribution in [-0.4, -0.2) is 27.9 Å². The number of carbonyl (C=O) groups excluding carboxylic acids is 1. The topological polar surface area (TPSA) is 105 Å². The molecule has 0 fully saturated rings. The van der Waals surface area contributed by atoms with Crippen molar-refractivity contribution in [2.24, 2.45) is 5.73 Å². The van der Waals surface area contributed by atoms with Crippen molar-refractivity contribution in [3.8, 4) is 11.1 Å². The molecule has 4 aromatic carbocycles. The normalized spacial score (nSPS) is 11.9. The molecule has 4 N–H and O–H groups in total. The van der Waals surface area contributed by atoms with Crippen LogP contribution in [0.3, 0.4) is 0 Å². The van der Waals surface area contributed by atoms with Crippen LogP contribution in [0.4, 0.5) is 19.6 Å². The maximum Gasteiger partial charge on any atom is 0.320 e. The van der Waals surface area contributed by atoms with Gasteiger partial charge in [0.2, 0.25) is 0 Å². The Labute approximate surface area is 226 Å². The first kappa shape index (κ1) is 26.1. The number of ketones is 1. The van der Waals surface area contributed by atoms with Crippen molar-refractivity contribution in [2.45, 2.75) is 19.4 Å². The van der Waals surface area contributed by atoms with E-state index in [4.69, 9.17) is 10.8 Å². The molecular formula is C30H23F2N3O3S. The lowest BCUT2D eigenvalue weighted by molar-refractivity contribution is -0.138. The van der Waals surface area contributed by atoms with Gasteiger partial charge in [-0.2, -0.15) is 0 Å². The van der Waals surface area contributed by atoms with Gasteiger partial charge in [-0.05, 0) is 72.0 Å². The quantitative estimate of drug-likeness (QED) is 0.194. The first-order valence-corrected chi connectivity index (χ1v) is 12.9. The van der Waals surface area contributed by atoms with Crippen molar-refractivity contribution in [1.29, 1.82) is 0 Å². The maximum absolute atomic E-state index is 15.0. The second-order valence-electron chi connectivity index (χ2n) is 9.16. The Bertz CT molecular complexity index is 1730. The average Bonchev–Trinajstić information content (AvgIpc) is 3.31. The number of halogens is 2. The predicted molar refractivity (Wildman–Crippen MR) is 149 cm³/mol. The maximum atomic E-state index is 15.0. The van der Waals surface area contributed by atoms with Gasteiger partial charge in [0.05, 0.1) is 15.9 Å². The van der Waals surface area contributed by atoms with Crippen molar-refractivity contribution in [3.05, 3.63) is 113 Å². The minimum absolute atomic E-state index is 0.113. The van der Waals surface area contributed by atoms with Gasteiger partial charge < -0.3 is 16.2 Å². The molecule has 0 amide bonds. The van der Waals surface area contributed by atoms with Crippen molar-refractivity contribution in [3.63, 3.8) is 0 Å². The van der Waals surface area contributed by atoms with Crippen LogP contribution >= 0.6 is 11.3 Å². The van der Waals surface area contributed by atoms with Crippen LogP contribution in [-0.2, 0) is 11.2 Å². The smallest absolute Gasteiger partial charge is 0.320 e. The molecule has 0 aliphatic rings. The van der Waals surface area contributed by atoms with Gasteiger partial charge in [-0.15, -0.1) is 0 Å². The summed E-state index contributed by atoms with van der Waals surface area (Å²) in [6.07, 6.45) is 0.113. The molecule has 0 bridgehead atoms. The summed E-state index contributed by atoms with van der Waals surface area (Å²) in [6, 6.07) is 20.1. The number of aliphatic carboxylic acids is 1. The number of carboxylic acid groups (broad SMARTS) is 1. The van der Waals surface area contributed by atoms with Crippen molar-refractivity contribution in [1.82, 2.24) is 4.98 Å². The molecular weight excluding hydrogens is 520 g/mol. The fourth-order valence-electron chi connectivity index (χ4n) is 4.30. The lowest BCUT2D eigenvalue weighted by Gasteiger charge is -2.11. The van der Waals surface area contributed by atoms with Gasteiger partial charge in [-0.1, -0.05) is 53.8 Å². The molecule has 39 heavy (non-hydrogen) atoms. The molecule has 5 aromatic rings. The molecule has 1 atom stereocenters. The van der Waals surface area contributed by atoms with Gasteiger partial charge in [0.15, 0.2) is 10.9 Å². The number of aromatic nitrogens is 1. The highest BCUT2D eigenvalue weighted by atomic mass is 32.1. The minimum Gasteiger partial charge on any atom is -0.480 e. The van der Waals surface area contributed by atoms with Gasteiger partial charge in [0.1, 0.15) is 17.7 Å². The van der Waals surface area contributed by atoms with E-state index in [2.05, 4.69) is 10.3 Å². The van der Waals surface area contributed by atoms with E-state index in [1.165, 1.54) is 29.5 Å². The molecule has 0 aliphatic carbocycles. The summed E-state index contributed by atoms with van der Waals surface area (Å²) in [5.74, 6) is -2.14. The van der Waals surface area contributed by atoms with Gasteiger partial charge in [0.25, 0.3) is 0 Å². The SMILES string of the molecule is Cc1cc(-c2ccc(Nc3nc4ccc(F)cc4s3)c(F)c2)ccc1C(=O)c1cccc(C[C@H](N)C(=O)O)c1. The van der Waals surface area contributed by atoms with E-state index in [1.54, 1.807) is 54.6 Å². The summed E-state index contributed by atoms with van der Waals surface area (Å²) >= 11 is 1.23. The largest absolute Gasteiger partial charge is 0.480 e. The number of anilines is 2. The third kappa shape index (κ3) is 5.69. The van der Waals surface area contributed by atoms with Crippen LogP contribution in [0, 0.1) is 18.6 Å². The van der Waals surface area contributed by atoms with Gasteiger partial charge >= 0.3 is 5.97 Å². The zero-order valence-corrected chi connectivity index (χ0v) is 21.6. The van der Waals surface area contributed by atoms with Crippen LogP contribution in [0.1, 0.15) is 27.0 Å². The Morgan fingerprint density at radius 3 is 2.51 bits per heavy atom. The van der Waals surface area contributed by atoms with Gasteiger partial charge in [0, 0.05) is 11.1 Å². The molecule has 6 nitrogen and oxygen atoms in total. The number of rotatable bonds is 8. The highest BCUT2D eigenvalue weighted by molar-refractivity contribution is 7.22. The number of hydrogen-bond donors (Lipinski definition) is 3. The van der Waals surface area contributed by atoms with E-state index in [-0.39, 0.29) is 23.7 Å².